The van der Waals surface area contributed by atoms with Gasteiger partial charge in [0.1, 0.15) is 0 Å². The van der Waals surface area contributed by atoms with Crippen molar-refractivity contribution in [2.45, 2.75) is 59.8 Å². The first-order chi connectivity index (χ1) is 8.47. The Bertz CT molecular complexity index is 345. The molecule has 1 aromatic carbocycles. The van der Waals surface area contributed by atoms with Crippen LogP contribution in [0, 0.1) is 11.3 Å². The Morgan fingerprint density at radius 2 is 1.56 bits per heavy atom. The molecule has 1 heteroatoms. The molecule has 0 saturated heterocycles. The van der Waals surface area contributed by atoms with Crippen molar-refractivity contribution in [2.24, 2.45) is 11.3 Å². The summed E-state index contributed by atoms with van der Waals surface area (Å²) in [6.07, 6.45) is 4.05. The summed E-state index contributed by atoms with van der Waals surface area (Å²) in [5, 5.41) is 0.842. The van der Waals surface area contributed by atoms with Crippen LogP contribution in [0.2, 0.25) is 5.02 Å². The molecule has 0 spiro atoms. The second-order valence-corrected chi connectivity index (χ2v) is 6.56. The lowest BCUT2D eigenvalue weighted by Gasteiger charge is -2.27. The predicted octanol–water partition coefficient (Wildman–Crippen LogP) is 6.30. The molecule has 102 valence electrons. The topological polar surface area (TPSA) is 0 Å². The summed E-state index contributed by atoms with van der Waals surface area (Å²) in [6, 6.07) is 8.42. The number of benzene rings is 1. The van der Waals surface area contributed by atoms with Crippen molar-refractivity contribution in [3.63, 3.8) is 0 Å². The molecule has 0 nitrogen and oxygen atoms in total. The van der Waals surface area contributed by atoms with Crippen LogP contribution < -0.4 is 0 Å². The first-order valence-corrected chi connectivity index (χ1v) is 7.60. The maximum Gasteiger partial charge on any atom is 0.0406 e. The predicted molar refractivity (Wildman–Crippen MR) is 82.3 cm³/mol. The van der Waals surface area contributed by atoms with Crippen LogP contribution in [0.15, 0.2) is 24.3 Å². The van der Waals surface area contributed by atoms with E-state index in [9.17, 15) is 0 Å². The smallest absolute Gasteiger partial charge is 0.0406 e. The van der Waals surface area contributed by atoms with Crippen molar-refractivity contribution in [1.82, 2.24) is 0 Å². The van der Waals surface area contributed by atoms with Crippen LogP contribution in [0.1, 0.15) is 65.4 Å². The van der Waals surface area contributed by atoms with Gasteiger partial charge in [-0.2, -0.15) is 0 Å². The molecule has 1 aliphatic rings. The third kappa shape index (κ3) is 4.02. The lowest BCUT2D eigenvalue weighted by molar-refractivity contribution is 0.244. The van der Waals surface area contributed by atoms with E-state index in [1.807, 2.05) is 26.0 Å². The molecule has 2 rings (SSSR count). The third-order valence-corrected chi connectivity index (χ3v) is 4.25. The number of hydrogen-bond acceptors (Lipinski definition) is 0. The molecule has 0 N–H and O–H groups in total. The minimum Gasteiger partial charge on any atom is -0.0843 e. The quantitative estimate of drug-likeness (QED) is 0.560. The Hall–Kier alpha value is -0.490. The molecule has 0 aromatic heterocycles. The van der Waals surface area contributed by atoms with E-state index in [0.29, 0.717) is 5.41 Å². The van der Waals surface area contributed by atoms with Crippen LogP contribution in [0.3, 0.4) is 0 Å². The first kappa shape index (κ1) is 15.6. The van der Waals surface area contributed by atoms with Gasteiger partial charge in [0.15, 0.2) is 0 Å². The van der Waals surface area contributed by atoms with E-state index in [-0.39, 0.29) is 0 Å². The van der Waals surface area contributed by atoms with Crippen LogP contribution in [0.4, 0.5) is 0 Å². The van der Waals surface area contributed by atoms with Crippen molar-refractivity contribution in [1.29, 1.82) is 0 Å². The average Bonchev–Trinajstić information content (AvgIpc) is 2.82. The molecule has 0 aliphatic heterocycles. The van der Waals surface area contributed by atoms with Crippen molar-refractivity contribution >= 4 is 11.6 Å². The standard InChI is InChI=1S/C15H21Cl.C2H6/c1-15(2,3)13-7-4-12(10-13)11-5-8-14(16)9-6-11;1-2/h5-6,8-9,12-13H,4,7,10H2,1-3H3;1-2H3. The lowest BCUT2D eigenvalue weighted by atomic mass is 9.79. The monoisotopic (exact) mass is 266 g/mol. The van der Waals surface area contributed by atoms with Gasteiger partial charge >= 0.3 is 0 Å². The summed E-state index contributed by atoms with van der Waals surface area (Å²) in [7, 11) is 0. The van der Waals surface area contributed by atoms with Gasteiger partial charge < -0.3 is 0 Å². The molecule has 0 heterocycles. The van der Waals surface area contributed by atoms with Gasteiger partial charge in [0.05, 0.1) is 0 Å². The van der Waals surface area contributed by atoms with E-state index in [1.54, 1.807) is 0 Å². The van der Waals surface area contributed by atoms with Gasteiger partial charge in [-0.25, -0.2) is 0 Å². The molecule has 1 saturated carbocycles. The Kier molecular flexibility index (Phi) is 5.72. The Morgan fingerprint density at radius 1 is 1.00 bits per heavy atom. The zero-order chi connectivity index (χ0) is 13.8. The number of halogens is 1. The maximum absolute atomic E-state index is 5.92. The second-order valence-electron chi connectivity index (χ2n) is 6.12. The molecule has 2 atom stereocenters. The largest absolute Gasteiger partial charge is 0.0843 e. The van der Waals surface area contributed by atoms with Gasteiger partial charge in [0.2, 0.25) is 0 Å². The maximum atomic E-state index is 5.92. The zero-order valence-corrected chi connectivity index (χ0v) is 13.2. The van der Waals surface area contributed by atoms with E-state index < -0.39 is 0 Å². The van der Waals surface area contributed by atoms with Crippen molar-refractivity contribution in [3.05, 3.63) is 34.9 Å². The molecule has 2 unspecified atom stereocenters. The van der Waals surface area contributed by atoms with Gasteiger partial charge in [-0.3, -0.25) is 0 Å². The summed E-state index contributed by atoms with van der Waals surface area (Å²) >= 11 is 5.92. The number of rotatable bonds is 1. The third-order valence-electron chi connectivity index (χ3n) is 4.00. The Labute approximate surface area is 118 Å². The highest BCUT2D eigenvalue weighted by Crippen LogP contribution is 2.46. The molecule has 18 heavy (non-hydrogen) atoms. The van der Waals surface area contributed by atoms with Gasteiger partial charge in [-0.1, -0.05) is 58.4 Å². The minimum atomic E-state index is 0.459. The Balaban J connectivity index is 0.000000771. The summed E-state index contributed by atoms with van der Waals surface area (Å²) in [4.78, 5) is 0. The van der Waals surface area contributed by atoms with Crippen LogP contribution in [0.25, 0.3) is 0 Å². The fourth-order valence-electron chi connectivity index (χ4n) is 2.81. The summed E-state index contributed by atoms with van der Waals surface area (Å²) in [5.74, 6) is 1.62. The normalized spacial score (nSPS) is 23.4. The summed E-state index contributed by atoms with van der Waals surface area (Å²) < 4.78 is 0. The van der Waals surface area contributed by atoms with Crippen LogP contribution >= 0.6 is 11.6 Å². The van der Waals surface area contributed by atoms with Crippen molar-refractivity contribution < 1.29 is 0 Å². The van der Waals surface area contributed by atoms with Gasteiger partial charge in [0, 0.05) is 5.02 Å². The van der Waals surface area contributed by atoms with Crippen LogP contribution in [-0.2, 0) is 0 Å². The molecule has 1 aromatic rings. The zero-order valence-electron chi connectivity index (χ0n) is 12.5. The molecular formula is C17H27Cl. The highest BCUT2D eigenvalue weighted by Gasteiger charge is 2.33. The van der Waals surface area contributed by atoms with Crippen LogP contribution in [0.5, 0.6) is 0 Å². The lowest BCUT2D eigenvalue weighted by Crippen LogP contribution is -2.17. The van der Waals surface area contributed by atoms with Gasteiger partial charge in [-0.05, 0) is 54.2 Å². The van der Waals surface area contributed by atoms with Crippen LogP contribution in [-0.4, -0.2) is 0 Å². The average molecular weight is 267 g/mol. The molecular weight excluding hydrogens is 240 g/mol. The molecule has 1 aliphatic carbocycles. The number of hydrogen-bond donors (Lipinski definition) is 0. The van der Waals surface area contributed by atoms with Crippen molar-refractivity contribution in [3.8, 4) is 0 Å². The summed E-state index contributed by atoms with van der Waals surface area (Å²) in [5.41, 5.74) is 1.93. The highest BCUT2D eigenvalue weighted by molar-refractivity contribution is 6.30. The minimum absolute atomic E-state index is 0.459. The van der Waals surface area contributed by atoms with E-state index in [2.05, 4.69) is 32.9 Å². The highest BCUT2D eigenvalue weighted by atomic mass is 35.5. The van der Waals surface area contributed by atoms with E-state index in [1.165, 1.54) is 24.8 Å². The van der Waals surface area contributed by atoms with E-state index in [0.717, 1.165) is 16.9 Å². The molecule has 1 fully saturated rings. The van der Waals surface area contributed by atoms with Gasteiger partial charge in [0.25, 0.3) is 0 Å². The second kappa shape index (κ2) is 6.61. The molecule has 0 bridgehead atoms. The fraction of sp³-hybridized carbons (Fsp3) is 0.647. The fourth-order valence-corrected chi connectivity index (χ4v) is 2.93. The van der Waals surface area contributed by atoms with E-state index >= 15 is 0 Å². The molecule has 0 radical (unpaired) electrons. The SMILES string of the molecule is CC.CC(C)(C)C1CCC(c2ccc(Cl)cc2)C1. The first-order valence-electron chi connectivity index (χ1n) is 7.22. The van der Waals surface area contributed by atoms with E-state index in [4.69, 9.17) is 11.6 Å². The Morgan fingerprint density at radius 3 is 2.00 bits per heavy atom. The summed E-state index contributed by atoms with van der Waals surface area (Å²) in [6.45, 7) is 11.1. The molecule has 0 amide bonds. The van der Waals surface area contributed by atoms with Gasteiger partial charge in [-0.15, -0.1) is 0 Å². The van der Waals surface area contributed by atoms with Crippen molar-refractivity contribution in [2.75, 3.05) is 0 Å².